The van der Waals surface area contributed by atoms with Gasteiger partial charge in [0, 0.05) is 47.6 Å². The molecule has 0 spiro atoms. The lowest BCUT2D eigenvalue weighted by molar-refractivity contribution is 1.06. The van der Waals surface area contributed by atoms with Gasteiger partial charge in [0.25, 0.3) is 0 Å². The molecule has 0 aliphatic carbocycles. The van der Waals surface area contributed by atoms with Crippen molar-refractivity contribution in [3.8, 4) is 51.0 Å². The average Bonchev–Trinajstić information content (AvgIpc) is 3.79. The SMILES string of the molecule is [2H]c1cc([2H])c2sc3c(-c4cccc(-c5nc(-c6ccccc6)nc(-c6ccccc6-n6c7ccccc7c7ccccc76)n5)c4)cc([2H])c([2H])c3c2c1[2H]. The number of benzene rings is 7. The molecule has 0 amide bonds. The lowest BCUT2D eigenvalue weighted by Crippen LogP contribution is -2.03. The molecular weight excluding hydrogens is 629 g/mol. The van der Waals surface area contributed by atoms with E-state index >= 15 is 0 Å². The minimum Gasteiger partial charge on any atom is -0.309 e. The van der Waals surface area contributed by atoms with Crippen molar-refractivity contribution in [3.63, 3.8) is 0 Å². The fraction of sp³-hybridized carbons (Fsp3) is 0. The molecule has 3 heterocycles. The molecule has 4 nitrogen and oxygen atoms in total. The monoisotopic (exact) mass is 661 g/mol. The Morgan fingerprint density at radius 1 is 0.460 bits per heavy atom. The van der Waals surface area contributed by atoms with E-state index in [2.05, 4.69) is 59.2 Å². The summed E-state index contributed by atoms with van der Waals surface area (Å²) in [6, 6.07) is 45.7. The zero-order chi connectivity index (χ0) is 37.4. The molecule has 0 fully saturated rings. The van der Waals surface area contributed by atoms with E-state index in [0.717, 1.165) is 49.7 Å². The molecule has 50 heavy (non-hydrogen) atoms. The van der Waals surface area contributed by atoms with Gasteiger partial charge in [-0.15, -0.1) is 11.3 Å². The summed E-state index contributed by atoms with van der Waals surface area (Å²) in [5, 5.41) is 3.12. The Hall–Kier alpha value is -6.43. The standard InChI is InChI=1S/C45H28N4S/c1-2-14-29(15-3-1)43-46-44(31-17-12-16-30(28-31)32-22-13-23-36-35-20-7-11-27-41(35)50-42(32)36)48-45(47-43)37-21-6-10-26-40(37)49-38-24-8-4-18-33(38)34-19-5-9-25-39(34)49/h1-28H/i7D,13D,20D,23D,27D. The molecule has 0 unspecified atom stereocenters. The van der Waals surface area contributed by atoms with Crippen LogP contribution >= 0.6 is 11.3 Å². The zero-order valence-corrected chi connectivity index (χ0v) is 27.3. The number of hydrogen-bond acceptors (Lipinski definition) is 4. The van der Waals surface area contributed by atoms with E-state index < -0.39 is 0 Å². The van der Waals surface area contributed by atoms with E-state index in [0.29, 0.717) is 43.2 Å². The first-order valence-electron chi connectivity index (χ1n) is 18.8. The molecule has 0 N–H and O–H groups in total. The van der Waals surface area contributed by atoms with Crippen LogP contribution in [0.4, 0.5) is 0 Å². The molecule has 234 valence electrons. The molecule has 5 heteroatoms. The third-order valence-electron chi connectivity index (χ3n) is 9.10. The average molecular weight is 662 g/mol. The van der Waals surface area contributed by atoms with Crippen LogP contribution in [0.3, 0.4) is 0 Å². The van der Waals surface area contributed by atoms with E-state index in [9.17, 15) is 0 Å². The Morgan fingerprint density at radius 2 is 1.10 bits per heavy atom. The van der Waals surface area contributed by atoms with Gasteiger partial charge in [0.15, 0.2) is 17.5 Å². The summed E-state index contributed by atoms with van der Waals surface area (Å²) < 4.78 is 46.6. The van der Waals surface area contributed by atoms with Crippen LogP contribution in [-0.2, 0) is 0 Å². The van der Waals surface area contributed by atoms with Gasteiger partial charge in [0.05, 0.1) is 23.6 Å². The summed E-state index contributed by atoms with van der Waals surface area (Å²) in [6.07, 6.45) is 0. The summed E-state index contributed by atoms with van der Waals surface area (Å²) in [5.41, 5.74) is 7.01. The molecule has 10 aromatic rings. The highest BCUT2D eigenvalue weighted by atomic mass is 32.1. The minimum absolute atomic E-state index is 0.00407. The van der Waals surface area contributed by atoms with Gasteiger partial charge in [0.2, 0.25) is 0 Å². The first kappa shape index (κ1) is 23.8. The summed E-state index contributed by atoms with van der Waals surface area (Å²) in [7, 11) is 0. The molecule has 0 saturated heterocycles. The first-order valence-corrected chi connectivity index (χ1v) is 17.1. The molecule has 0 aliphatic heterocycles. The Balaban J connectivity index is 1.19. The molecule has 0 atom stereocenters. The van der Waals surface area contributed by atoms with Crippen LogP contribution in [-0.4, -0.2) is 19.5 Å². The highest BCUT2D eigenvalue weighted by Crippen LogP contribution is 2.41. The number of nitrogens with zero attached hydrogens (tertiary/aromatic N) is 4. The maximum atomic E-state index is 8.81. The van der Waals surface area contributed by atoms with Crippen LogP contribution in [0.15, 0.2) is 170 Å². The molecule has 0 aliphatic rings. The second-order valence-corrected chi connectivity index (χ2v) is 13.1. The van der Waals surface area contributed by atoms with Gasteiger partial charge in [-0.25, -0.2) is 15.0 Å². The Kier molecular flexibility index (Phi) is 5.54. The highest BCUT2D eigenvalue weighted by Gasteiger charge is 2.19. The van der Waals surface area contributed by atoms with E-state index in [1.54, 1.807) is 6.07 Å². The zero-order valence-electron chi connectivity index (χ0n) is 31.5. The Morgan fingerprint density at radius 3 is 1.92 bits per heavy atom. The molecular formula is C45H28N4S. The number of para-hydroxylation sites is 3. The van der Waals surface area contributed by atoms with Gasteiger partial charge in [-0.05, 0) is 47.5 Å². The van der Waals surface area contributed by atoms with E-state index in [-0.39, 0.29) is 30.2 Å². The normalized spacial score (nSPS) is 13.0. The smallest absolute Gasteiger partial charge is 0.166 e. The molecule has 10 rings (SSSR count). The van der Waals surface area contributed by atoms with Crippen molar-refractivity contribution >= 4 is 53.3 Å². The van der Waals surface area contributed by atoms with E-state index in [4.69, 9.17) is 21.8 Å². The third kappa shape index (κ3) is 4.63. The first-order chi connectivity index (χ1) is 26.9. The fourth-order valence-electron chi connectivity index (χ4n) is 6.84. The van der Waals surface area contributed by atoms with Gasteiger partial charge >= 0.3 is 0 Å². The van der Waals surface area contributed by atoms with Crippen molar-refractivity contribution in [2.24, 2.45) is 0 Å². The number of aromatic nitrogens is 4. The predicted molar refractivity (Wildman–Crippen MR) is 209 cm³/mol. The highest BCUT2D eigenvalue weighted by molar-refractivity contribution is 7.26. The van der Waals surface area contributed by atoms with Crippen molar-refractivity contribution in [2.75, 3.05) is 0 Å². The van der Waals surface area contributed by atoms with Crippen LogP contribution in [0.2, 0.25) is 0 Å². The lowest BCUT2D eigenvalue weighted by atomic mass is 10.0. The van der Waals surface area contributed by atoms with Crippen LogP contribution in [0.5, 0.6) is 0 Å². The van der Waals surface area contributed by atoms with Gasteiger partial charge in [-0.1, -0.05) is 133 Å². The fourth-order valence-corrected chi connectivity index (χ4v) is 7.96. The molecule has 7 aromatic carbocycles. The second-order valence-electron chi connectivity index (χ2n) is 12.0. The third-order valence-corrected chi connectivity index (χ3v) is 10.3. The second kappa shape index (κ2) is 11.6. The predicted octanol–water partition coefficient (Wildman–Crippen LogP) is 12.0. The van der Waals surface area contributed by atoms with E-state index in [1.807, 2.05) is 72.8 Å². The number of hydrogen-bond donors (Lipinski definition) is 0. The van der Waals surface area contributed by atoms with Crippen LogP contribution in [0, 0.1) is 0 Å². The van der Waals surface area contributed by atoms with Gasteiger partial charge in [0.1, 0.15) is 0 Å². The molecule has 0 radical (unpaired) electrons. The Bertz CT molecular complexity index is 3120. The summed E-state index contributed by atoms with van der Waals surface area (Å²) >= 11 is 1.32. The van der Waals surface area contributed by atoms with Crippen molar-refractivity contribution in [2.45, 2.75) is 0 Å². The van der Waals surface area contributed by atoms with Crippen molar-refractivity contribution < 1.29 is 6.85 Å². The minimum atomic E-state index is -0.0740. The molecule has 0 saturated carbocycles. The quantitative estimate of drug-likeness (QED) is 0.184. The molecule has 0 bridgehead atoms. The summed E-state index contributed by atoms with van der Waals surface area (Å²) in [4.78, 5) is 15.3. The number of thiophene rings is 1. The van der Waals surface area contributed by atoms with Crippen LogP contribution < -0.4 is 0 Å². The van der Waals surface area contributed by atoms with Crippen molar-refractivity contribution in [1.29, 1.82) is 0 Å². The van der Waals surface area contributed by atoms with E-state index in [1.165, 1.54) is 17.4 Å². The van der Waals surface area contributed by atoms with Crippen LogP contribution in [0.1, 0.15) is 6.85 Å². The van der Waals surface area contributed by atoms with Crippen LogP contribution in [0.25, 0.3) is 93.0 Å². The number of rotatable bonds is 5. The largest absolute Gasteiger partial charge is 0.309 e. The van der Waals surface area contributed by atoms with Gasteiger partial charge in [-0.2, -0.15) is 0 Å². The lowest BCUT2D eigenvalue weighted by Gasteiger charge is -2.14. The Labute approximate surface area is 299 Å². The number of fused-ring (bicyclic) bond motifs is 6. The topological polar surface area (TPSA) is 43.6 Å². The summed E-state index contributed by atoms with van der Waals surface area (Å²) in [5.74, 6) is 1.51. The van der Waals surface area contributed by atoms with Gasteiger partial charge < -0.3 is 4.57 Å². The maximum Gasteiger partial charge on any atom is 0.166 e. The summed E-state index contributed by atoms with van der Waals surface area (Å²) in [6.45, 7) is 0. The van der Waals surface area contributed by atoms with Crippen molar-refractivity contribution in [3.05, 3.63) is 170 Å². The maximum absolute atomic E-state index is 8.81. The van der Waals surface area contributed by atoms with Gasteiger partial charge in [-0.3, -0.25) is 0 Å². The molecule has 3 aromatic heterocycles. The van der Waals surface area contributed by atoms with Crippen molar-refractivity contribution in [1.82, 2.24) is 19.5 Å².